The highest BCUT2D eigenvalue weighted by molar-refractivity contribution is 6.33. The fourth-order valence-corrected chi connectivity index (χ4v) is 4.84. The Hall–Kier alpha value is -4.30. The van der Waals surface area contributed by atoms with Crippen molar-refractivity contribution in [2.75, 3.05) is 11.4 Å². The maximum Gasteiger partial charge on any atom is 0.284 e. The topological polar surface area (TPSA) is 108 Å². The van der Waals surface area contributed by atoms with Gasteiger partial charge in [-0.3, -0.25) is 9.36 Å². The summed E-state index contributed by atoms with van der Waals surface area (Å²) in [6.45, 7) is -0.672. The molecule has 5 heterocycles. The van der Waals surface area contributed by atoms with Crippen LogP contribution in [-0.4, -0.2) is 41.6 Å². The summed E-state index contributed by atoms with van der Waals surface area (Å²) in [5.41, 5.74) is 0.685. The SMILES string of the molecule is N#Cc1c[nH]c2ncnc(N3CC(F)(F)C[C@H]3c3nn4ccc(Cl)c4c(=O)n3-c3ccccc3)c12. The van der Waals surface area contributed by atoms with E-state index in [1.165, 1.54) is 38.8 Å². The molecule has 1 aliphatic rings. The number of alkyl halides is 2. The summed E-state index contributed by atoms with van der Waals surface area (Å²) in [5.74, 6) is -2.85. The van der Waals surface area contributed by atoms with E-state index in [0.717, 1.165) is 0 Å². The number of para-hydroxylation sites is 1. The number of H-pyrrole nitrogens is 1. The summed E-state index contributed by atoms with van der Waals surface area (Å²) in [6, 6.07) is 11.2. The molecule has 35 heavy (non-hydrogen) atoms. The molecule has 0 amide bonds. The van der Waals surface area contributed by atoms with E-state index < -0.39 is 30.5 Å². The number of nitrogens with zero attached hydrogens (tertiary/aromatic N) is 7. The van der Waals surface area contributed by atoms with Crippen LogP contribution in [0.15, 0.2) is 59.9 Å². The second-order valence-electron chi connectivity index (χ2n) is 8.23. The molecule has 1 fully saturated rings. The number of fused-ring (bicyclic) bond motifs is 2. The predicted octanol–water partition coefficient (Wildman–Crippen LogP) is 3.87. The van der Waals surface area contributed by atoms with Crippen LogP contribution in [0.4, 0.5) is 14.6 Å². The van der Waals surface area contributed by atoms with Crippen molar-refractivity contribution in [1.82, 2.24) is 29.1 Å². The Morgan fingerprint density at radius 2 is 2.00 bits per heavy atom. The van der Waals surface area contributed by atoms with Crippen LogP contribution in [0.1, 0.15) is 23.9 Å². The molecule has 1 saturated heterocycles. The molecule has 9 nitrogen and oxygen atoms in total. The number of hydrogen-bond acceptors (Lipinski definition) is 6. The van der Waals surface area contributed by atoms with Crippen molar-refractivity contribution in [3.8, 4) is 11.8 Å². The lowest BCUT2D eigenvalue weighted by atomic mass is 10.1. The maximum atomic E-state index is 15.0. The minimum absolute atomic E-state index is 0.0962. The predicted molar refractivity (Wildman–Crippen MR) is 124 cm³/mol. The van der Waals surface area contributed by atoms with Crippen molar-refractivity contribution in [1.29, 1.82) is 5.26 Å². The van der Waals surface area contributed by atoms with Gasteiger partial charge in [-0.1, -0.05) is 29.8 Å². The average Bonchev–Trinajstić information content (AvgIpc) is 3.53. The standard InChI is InChI=1S/C23H15ClF2N8O/c24-15-6-7-33-18(15)22(35)34(14-4-2-1-3-5-14)20(31-33)16-8-23(25,26)11-32(16)21-17-13(9-27)10-28-19(17)29-12-30-21/h1-7,10,12,16H,8,11H2,(H,28,29,30)/t16-/m0/s1. The van der Waals surface area contributed by atoms with Gasteiger partial charge in [0, 0.05) is 18.8 Å². The summed E-state index contributed by atoms with van der Waals surface area (Å²) >= 11 is 6.25. The lowest BCUT2D eigenvalue weighted by Crippen LogP contribution is -2.33. The number of aromatic nitrogens is 6. The molecule has 0 aliphatic carbocycles. The van der Waals surface area contributed by atoms with Gasteiger partial charge in [-0.25, -0.2) is 23.3 Å². The Morgan fingerprint density at radius 3 is 2.77 bits per heavy atom. The van der Waals surface area contributed by atoms with Crippen molar-refractivity contribution in [2.45, 2.75) is 18.4 Å². The number of halogens is 3. The second kappa shape index (κ2) is 7.61. The molecule has 6 rings (SSSR count). The van der Waals surface area contributed by atoms with Crippen LogP contribution in [0, 0.1) is 11.3 Å². The highest BCUT2D eigenvalue weighted by Crippen LogP contribution is 2.44. The molecular weight excluding hydrogens is 478 g/mol. The highest BCUT2D eigenvalue weighted by atomic mass is 35.5. The first-order valence-electron chi connectivity index (χ1n) is 10.6. The smallest absolute Gasteiger partial charge is 0.284 e. The minimum Gasteiger partial charge on any atom is -0.345 e. The van der Waals surface area contributed by atoms with Crippen LogP contribution >= 0.6 is 11.6 Å². The van der Waals surface area contributed by atoms with E-state index in [0.29, 0.717) is 16.7 Å². The third kappa shape index (κ3) is 3.25. The molecule has 0 unspecified atom stereocenters. The summed E-state index contributed by atoms with van der Waals surface area (Å²) in [5, 5.41) is 14.7. The van der Waals surface area contributed by atoms with Crippen molar-refractivity contribution in [2.24, 2.45) is 0 Å². The van der Waals surface area contributed by atoms with E-state index in [-0.39, 0.29) is 27.7 Å². The summed E-state index contributed by atoms with van der Waals surface area (Å²) < 4.78 is 32.6. The summed E-state index contributed by atoms with van der Waals surface area (Å²) in [6.07, 6.45) is 3.61. The number of anilines is 1. The zero-order chi connectivity index (χ0) is 24.3. The fourth-order valence-electron chi connectivity index (χ4n) is 4.61. The van der Waals surface area contributed by atoms with E-state index in [4.69, 9.17) is 11.6 Å². The Labute approximate surface area is 200 Å². The van der Waals surface area contributed by atoms with Gasteiger partial charge in [0.25, 0.3) is 11.5 Å². The molecule has 174 valence electrons. The first-order chi connectivity index (χ1) is 16.9. The van der Waals surface area contributed by atoms with Gasteiger partial charge in [0.2, 0.25) is 0 Å². The lowest BCUT2D eigenvalue weighted by molar-refractivity contribution is 0.0218. The second-order valence-corrected chi connectivity index (χ2v) is 8.64. The quantitative estimate of drug-likeness (QED) is 0.409. The van der Waals surface area contributed by atoms with Gasteiger partial charge in [-0.05, 0) is 18.2 Å². The molecular formula is C23H15ClF2N8O. The van der Waals surface area contributed by atoms with Crippen molar-refractivity contribution in [3.05, 3.63) is 81.9 Å². The Kier molecular flexibility index (Phi) is 4.62. The first-order valence-corrected chi connectivity index (χ1v) is 11.0. The Balaban J connectivity index is 1.64. The first kappa shape index (κ1) is 21.2. The van der Waals surface area contributed by atoms with Gasteiger partial charge in [0.15, 0.2) is 5.82 Å². The van der Waals surface area contributed by atoms with E-state index in [9.17, 15) is 18.8 Å². The van der Waals surface area contributed by atoms with Gasteiger partial charge in [-0.2, -0.15) is 10.4 Å². The number of aromatic amines is 1. The Morgan fingerprint density at radius 1 is 1.20 bits per heavy atom. The zero-order valence-electron chi connectivity index (χ0n) is 17.9. The molecule has 12 heteroatoms. The van der Waals surface area contributed by atoms with Crippen LogP contribution in [0.5, 0.6) is 0 Å². The number of benzene rings is 1. The highest BCUT2D eigenvalue weighted by Gasteiger charge is 2.49. The summed E-state index contributed by atoms with van der Waals surface area (Å²) in [7, 11) is 0. The van der Waals surface area contributed by atoms with Gasteiger partial charge in [0.1, 0.15) is 29.4 Å². The molecule has 0 spiro atoms. The molecule has 4 aromatic heterocycles. The zero-order valence-corrected chi connectivity index (χ0v) is 18.6. The van der Waals surface area contributed by atoms with Crippen LogP contribution < -0.4 is 10.5 Å². The lowest BCUT2D eigenvalue weighted by Gasteiger charge is -2.27. The normalized spacial score (nSPS) is 17.3. The molecule has 1 aliphatic heterocycles. The van der Waals surface area contributed by atoms with Crippen molar-refractivity contribution >= 4 is 34.0 Å². The van der Waals surface area contributed by atoms with Crippen LogP contribution in [0.2, 0.25) is 5.02 Å². The molecule has 0 saturated carbocycles. The van der Waals surface area contributed by atoms with E-state index in [1.807, 2.05) is 6.07 Å². The number of nitrogens with one attached hydrogen (secondary N) is 1. The average molecular weight is 493 g/mol. The van der Waals surface area contributed by atoms with E-state index in [1.54, 1.807) is 30.3 Å². The van der Waals surface area contributed by atoms with Gasteiger partial charge >= 0.3 is 0 Å². The summed E-state index contributed by atoms with van der Waals surface area (Å²) in [4.78, 5) is 26.2. The number of nitriles is 1. The van der Waals surface area contributed by atoms with Crippen LogP contribution in [0.25, 0.3) is 22.2 Å². The molecule has 1 aromatic carbocycles. The third-order valence-corrected chi connectivity index (χ3v) is 6.39. The van der Waals surface area contributed by atoms with Crippen LogP contribution in [0.3, 0.4) is 0 Å². The largest absolute Gasteiger partial charge is 0.345 e. The van der Waals surface area contributed by atoms with Gasteiger partial charge < -0.3 is 9.88 Å². The monoisotopic (exact) mass is 492 g/mol. The van der Waals surface area contributed by atoms with E-state index in [2.05, 4.69) is 20.1 Å². The van der Waals surface area contributed by atoms with Crippen molar-refractivity contribution in [3.63, 3.8) is 0 Å². The molecule has 0 radical (unpaired) electrons. The van der Waals surface area contributed by atoms with Crippen molar-refractivity contribution < 1.29 is 8.78 Å². The molecule has 0 bridgehead atoms. The van der Waals surface area contributed by atoms with Crippen LogP contribution in [-0.2, 0) is 0 Å². The number of hydrogen-bond donors (Lipinski definition) is 1. The Bertz CT molecular complexity index is 1700. The molecule has 5 aromatic rings. The molecule has 1 atom stereocenters. The maximum absolute atomic E-state index is 15.0. The third-order valence-electron chi connectivity index (χ3n) is 6.09. The fraction of sp³-hybridized carbons (Fsp3) is 0.174. The van der Waals surface area contributed by atoms with E-state index >= 15 is 0 Å². The minimum atomic E-state index is -3.10. The molecule has 1 N–H and O–H groups in total. The van der Waals surface area contributed by atoms with Gasteiger partial charge in [-0.15, -0.1) is 0 Å². The van der Waals surface area contributed by atoms with Gasteiger partial charge in [0.05, 0.1) is 34.2 Å². The number of rotatable bonds is 3.